The number of nitriles is 1. The molecule has 1 aromatic heterocycles. The zero-order valence-corrected chi connectivity index (χ0v) is 25.9. The lowest BCUT2D eigenvalue weighted by Crippen LogP contribution is -2.35. The van der Waals surface area contributed by atoms with E-state index in [4.69, 9.17) is 12.2 Å². The molecule has 0 aromatic carbocycles. The number of unbranched alkanes of at least 4 members (excludes halogenated alkanes) is 9. The van der Waals surface area contributed by atoms with E-state index in [-0.39, 0.29) is 17.0 Å². The molecule has 3 heterocycles. The molecule has 2 aliphatic rings. The Morgan fingerprint density at radius 3 is 2.08 bits per heavy atom. The van der Waals surface area contributed by atoms with Crippen LogP contribution in [0.1, 0.15) is 120 Å². The fourth-order valence-corrected chi connectivity index (χ4v) is 6.93. The second-order valence-corrected chi connectivity index (χ2v) is 12.5. The number of aromatic nitrogens is 1. The molecule has 0 unspecified atom stereocenters. The third-order valence-electron chi connectivity index (χ3n) is 7.95. The van der Waals surface area contributed by atoms with Crippen LogP contribution in [0.4, 0.5) is 5.82 Å². The molecule has 0 aliphatic carbocycles. The Morgan fingerprint density at radius 1 is 0.923 bits per heavy atom. The molecular weight excluding hydrogens is 525 g/mol. The number of pyridine rings is 1. The second kappa shape index (κ2) is 16.2. The van der Waals surface area contributed by atoms with Crippen molar-refractivity contribution in [2.75, 3.05) is 24.5 Å². The molecular formula is C31H46N4O2S2. The van der Waals surface area contributed by atoms with E-state index in [0.29, 0.717) is 27.9 Å². The fourth-order valence-electron chi connectivity index (χ4n) is 5.64. The van der Waals surface area contributed by atoms with Crippen molar-refractivity contribution in [1.82, 2.24) is 9.47 Å². The molecule has 1 amide bonds. The van der Waals surface area contributed by atoms with Crippen molar-refractivity contribution in [3.05, 3.63) is 31.9 Å². The van der Waals surface area contributed by atoms with Crippen LogP contribution in [-0.4, -0.2) is 39.3 Å². The van der Waals surface area contributed by atoms with Gasteiger partial charge in [0.1, 0.15) is 21.8 Å². The number of carbonyl (C=O) groups excluding carboxylic acids is 1. The molecule has 0 spiro atoms. The van der Waals surface area contributed by atoms with Crippen molar-refractivity contribution in [3.8, 4) is 6.07 Å². The third-order valence-corrected chi connectivity index (χ3v) is 9.33. The smallest absolute Gasteiger partial charge is 0.270 e. The van der Waals surface area contributed by atoms with Crippen molar-refractivity contribution >= 4 is 46.1 Å². The van der Waals surface area contributed by atoms with E-state index in [1.54, 1.807) is 9.47 Å². The number of hydrogen-bond donors (Lipinski definition) is 0. The zero-order chi connectivity index (χ0) is 28.2. The van der Waals surface area contributed by atoms with Crippen LogP contribution >= 0.6 is 24.0 Å². The second-order valence-electron chi connectivity index (χ2n) is 10.8. The van der Waals surface area contributed by atoms with Crippen LogP contribution in [0.15, 0.2) is 9.70 Å². The van der Waals surface area contributed by atoms with Gasteiger partial charge in [0.15, 0.2) is 0 Å². The zero-order valence-electron chi connectivity index (χ0n) is 24.2. The molecule has 214 valence electrons. The van der Waals surface area contributed by atoms with E-state index in [9.17, 15) is 14.9 Å². The third kappa shape index (κ3) is 8.20. The first-order chi connectivity index (χ1) is 18.9. The number of hydrogen-bond acceptors (Lipinski definition) is 6. The van der Waals surface area contributed by atoms with Gasteiger partial charge in [-0.2, -0.15) is 5.26 Å². The van der Waals surface area contributed by atoms with Gasteiger partial charge in [-0.3, -0.25) is 19.1 Å². The molecule has 0 atom stereocenters. The molecule has 0 radical (unpaired) electrons. The van der Waals surface area contributed by atoms with Gasteiger partial charge in [0, 0.05) is 31.7 Å². The Hall–Kier alpha value is -2.11. The molecule has 1 aromatic rings. The first-order valence-corrected chi connectivity index (χ1v) is 16.3. The summed E-state index contributed by atoms with van der Waals surface area (Å²) in [5, 5.41) is 9.81. The van der Waals surface area contributed by atoms with E-state index >= 15 is 0 Å². The summed E-state index contributed by atoms with van der Waals surface area (Å²) in [7, 11) is 0. The van der Waals surface area contributed by atoms with Gasteiger partial charge in [-0.15, -0.1) is 0 Å². The van der Waals surface area contributed by atoms with Crippen LogP contribution in [0.3, 0.4) is 0 Å². The van der Waals surface area contributed by atoms with Gasteiger partial charge in [0.2, 0.25) is 0 Å². The van der Waals surface area contributed by atoms with Crippen LogP contribution in [0, 0.1) is 18.3 Å². The fraction of sp³-hybridized carbons (Fsp3) is 0.677. The minimum atomic E-state index is -0.248. The summed E-state index contributed by atoms with van der Waals surface area (Å²) in [5.41, 5.74) is 1.35. The summed E-state index contributed by atoms with van der Waals surface area (Å²) in [6, 6.07) is 2.13. The van der Waals surface area contributed by atoms with Crippen LogP contribution in [0.5, 0.6) is 0 Å². The van der Waals surface area contributed by atoms with E-state index in [1.807, 2.05) is 19.9 Å². The van der Waals surface area contributed by atoms with E-state index in [0.717, 1.165) is 50.2 Å². The Morgan fingerprint density at radius 2 is 1.51 bits per heavy atom. The van der Waals surface area contributed by atoms with Crippen molar-refractivity contribution in [2.45, 2.75) is 117 Å². The molecule has 2 saturated heterocycles. The number of rotatable bonds is 14. The van der Waals surface area contributed by atoms with Crippen molar-refractivity contribution in [3.63, 3.8) is 0 Å². The minimum Gasteiger partial charge on any atom is -0.357 e. The van der Waals surface area contributed by atoms with Gasteiger partial charge in [0.05, 0.1) is 4.91 Å². The van der Waals surface area contributed by atoms with E-state index < -0.39 is 0 Å². The highest BCUT2D eigenvalue weighted by molar-refractivity contribution is 8.26. The molecule has 2 aliphatic heterocycles. The van der Waals surface area contributed by atoms with Crippen molar-refractivity contribution in [1.29, 1.82) is 5.26 Å². The summed E-state index contributed by atoms with van der Waals surface area (Å²) in [4.78, 5) is 31.3. The van der Waals surface area contributed by atoms with Gasteiger partial charge in [-0.1, -0.05) is 102 Å². The number of anilines is 1. The largest absolute Gasteiger partial charge is 0.357 e. The lowest BCUT2D eigenvalue weighted by molar-refractivity contribution is -0.122. The van der Waals surface area contributed by atoms with Gasteiger partial charge in [-0.25, -0.2) is 0 Å². The van der Waals surface area contributed by atoms with Gasteiger partial charge < -0.3 is 4.90 Å². The quantitative estimate of drug-likeness (QED) is 0.131. The first kappa shape index (κ1) is 31.4. The average Bonchev–Trinajstić information content (AvgIpc) is 3.09. The summed E-state index contributed by atoms with van der Waals surface area (Å²) in [5.74, 6) is 0.774. The first-order valence-electron chi connectivity index (χ1n) is 15.1. The maximum atomic E-state index is 13.4. The highest BCUT2D eigenvalue weighted by atomic mass is 32.2. The molecule has 0 saturated carbocycles. The van der Waals surface area contributed by atoms with Crippen LogP contribution in [0.2, 0.25) is 0 Å². The molecule has 0 bridgehead atoms. The highest BCUT2D eigenvalue weighted by Crippen LogP contribution is 2.36. The summed E-state index contributed by atoms with van der Waals surface area (Å²) < 4.78 is 2.31. The number of amides is 1. The van der Waals surface area contributed by atoms with E-state index in [2.05, 4.69) is 17.9 Å². The maximum absolute atomic E-state index is 13.4. The molecule has 2 fully saturated rings. The van der Waals surface area contributed by atoms with Gasteiger partial charge in [0.25, 0.3) is 11.5 Å². The summed E-state index contributed by atoms with van der Waals surface area (Å²) in [6.45, 7) is 8.87. The SMILES string of the molecule is CCCCCCCCCCCCN1C(=O)/C(=C\c2c(C)c(C#N)c(=O)n(CC)c2N2CCCCCC2)SC1=S. The highest BCUT2D eigenvalue weighted by Gasteiger charge is 2.33. The van der Waals surface area contributed by atoms with Crippen molar-refractivity contribution < 1.29 is 4.79 Å². The molecule has 39 heavy (non-hydrogen) atoms. The lowest BCUT2D eigenvalue weighted by Gasteiger charge is -2.29. The Labute approximate surface area is 244 Å². The number of thiocarbonyl (C=S) groups is 1. The predicted molar refractivity (Wildman–Crippen MR) is 168 cm³/mol. The van der Waals surface area contributed by atoms with Crippen molar-refractivity contribution in [2.24, 2.45) is 0 Å². The maximum Gasteiger partial charge on any atom is 0.270 e. The standard InChI is InChI=1S/C31H46N4O2S2/c1-4-6-7-8-9-10-11-12-13-18-21-35-30(37)27(39-31(35)38)22-25-24(3)26(23-32)29(36)34(5-2)28(25)33-19-16-14-15-17-20-33/h22H,4-21H2,1-3H3/b27-22+. The molecule has 6 nitrogen and oxygen atoms in total. The molecule has 0 N–H and O–H groups in total. The predicted octanol–water partition coefficient (Wildman–Crippen LogP) is 7.55. The Kier molecular flexibility index (Phi) is 13.1. The average molecular weight is 571 g/mol. The number of thioether (sulfide) groups is 1. The van der Waals surface area contributed by atoms with E-state index in [1.165, 1.54) is 76.0 Å². The number of carbonyl (C=O) groups is 1. The van der Waals surface area contributed by atoms with Crippen LogP contribution < -0.4 is 10.5 Å². The molecule has 8 heteroatoms. The summed E-state index contributed by atoms with van der Waals surface area (Å²) >= 11 is 6.95. The minimum absolute atomic E-state index is 0.0603. The monoisotopic (exact) mass is 570 g/mol. The lowest BCUT2D eigenvalue weighted by atomic mass is 10.0. The molecule has 3 rings (SSSR count). The van der Waals surface area contributed by atoms with Gasteiger partial charge in [-0.05, 0) is 44.7 Å². The van der Waals surface area contributed by atoms with Crippen LogP contribution in [0.25, 0.3) is 6.08 Å². The number of nitrogens with zero attached hydrogens (tertiary/aromatic N) is 4. The summed E-state index contributed by atoms with van der Waals surface area (Å²) in [6.07, 6.45) is 18.9. The Bertz CT molecular complexity index is 1130. The normalized spacial score (nSPS) is 17.2. The topological polar surface area (TPSA) is 69.3 Å². The Balaban J connectivity index is 1.74. The van der Waals surface area contributed by atoms with Gasteiger partial charge >= 0.3 is 0 Å². The van der Waals surface area contributed by atoms with Crippen LogP contribution in [-0.2, 0) is 11.3 Å².